The van der Waals surface area contributed by atoms with Gasteiger partial charge >= 0.3 is 0 Å². The molecular formula is C21H17N3. The molecule has 0 saturated heterocycles. The van der Waals surface area contributed by atoms with Crippen LogP contribution in [-0.2, 0) is 0 Å². The third-order valence-corrected chi connectivity index (χ3v) is 3.90. The second-order valence-electron chi connectivity index (χ2n) is 5.59. The van der Waals surface area contributed by atoms with Crippen LogP contribution in [0.3, 0.4) is 0 Å². The molecule has 4 rings (SSSR count). The first kappa shape index (κ1) is 14.3. The Morgan fingerprint density at radius 3 is 2.29 bits per heavy atom. The quantitative estimate of drug-likeness (QED) is 0.469. The zero-order valence-electron chi connectivity index (χ0n) is 13.1. The minimum Gasteiger partial charge on any atom is -0.361 e. The average molecular weight is 311 g/mol. The molecule has 0 bridgehead atoms. The Morgan fingerprint density at radius 2 is 1.46 bits per heavy atom. The van der Waals surface area contributed by atoms with Crippen molar-refractivity contribution in [3.8, 4) is 0 Å². The highest BCUT2D eigenvalue weighted by Gasteiger charge is 2.00. The van der Waals surface area contributed by atoms with E-state index in [0.717, 1.165) is 28.1 Å². The number of anilines is 2. The van der Waals surface area contributed by atoms with Gasteiger partial charge in [-0.3, -0.25) is 4.99 Å². The zero-order valence-corrected chi connectivity index (χ0v) is 13.1. The number of hydrogen-bond acceptors (Lipinski definition) is 2. The van der Waals surface area contributed by atoms with Gasteiger partial charge in [0.25, 0.3) is 0 Å². The fraction of sp³-hybridized carbons (Fsp3) is 0. The van der Waals surface area contributed by atoms with E-state index in [4.69, 9.17) is 0 Å². The number of rotatable bonds is 4. The van der Waals surface area contributed by atoms with Crippen molar-refractivity contribution in [1.29, 1.82) is 0 Å². The summed E-state index contributed by atoms with van der Waals surface area (Å²) in [7, 11) is 0. The number of hydrogen-bond donors (Lipinski definition) is 2. The van der Waals surface area contributed by atoms with E-state index < -0.39 is 0 Å². The number of para-hydroxylation sites is 2. The van der Waals surface area contributed by atoms with Crippen LogP contribution in [0.4, 0.5) is 17.1 Å². The predicted molar refractivity (Wildman–Crippen MR) is 102 cm³/mol. The van der Waals surface area contributed by atoms with E-state index in [0.29, 0.717) is 0 Å². The molecule has 3 aromatic carbocycles. The smallest absolute Gasteiger partial charge is 0.0631 e. The Labute approximate surface area is 140 Å². The third-order valence-electron chi connectivity index (χ3n) is 3.90. The van der Waals surface area contributed by atoms with Crippen molar-refractivity contribution >= 4 is 34.2 Å². The van der Waals surface area contributed by atoms with Gasteiger partial charge in [-0.2, -0.15) is 0 Å². The van der Waals surface area contributed by atoms with Gasteiger partial charge in [-0.15, -0.1) is 0 Å². The van der Waals surface area contributed by atoms with E-state index >= 15 is 0 Å². The highest BCUT2D eigenvalue weighted by molar-refractivity contribution is 5.99. The molecule has 0 aliphatic heterocycles. The molecule has 0 saturated carbocycles. The Hall–Kier alpha value is -3.33. The average Bonchev–Trinajstić information content (AvgIpc) is 3.05. The Kier molecular flexibility index (Phi) is 3.82. The molecule has 3 nitrogen and oxygen atoms in total. The molecule has 2 N–H and O–H groups in total. The van der Waals surface area contributed by atoms with Crippen LogP contribution in [-0.4, -0.2) is 11.2 Å². The fourth-order valence-electron chi connectivity index (χ4n) is 2.66. The molecule has 3 heteroatoms. The van der Waals surface area contributed by atoms with Crippen molar-refractivity contribution in [2.75, 3.05) is 5.32 Å². The summed E-state index contributed by atoms with van der Waals surface area (Å²) in [5.41, 5.74) is 5.28. The van der Waals surface area contributed by atoms with Crippen molar-refractivity contribution < 1.29 is 0 Å². The lowest BCUT2D eigenvalue weighted by Crippen LogP contribution is -1.88. The monoisotopic (exact) mass is 311 g/mol. The lowest BCUT2D eigenvalue weighted by molar-refractivity contribution is 1.46. The first-order valence-corrected chi connectivity index (χ1v) is 7.91. The number of H-pyrrole nitrogens is 1. The first-order chi connectivity index (χ1) is 11.9. The molecule has 0 amide bonds. The molecule has 0 aliphatic carbocycles. The molecule has 0 aliphatic rings. The van der Waals surface area contributed by atoms with Gasteiger partial charge in [0, 0.05) is 40.3 Å². The first-order valence-electron chi connectivity index (χ1n) is 7.91. The van der Waals surface area contributed by atoms with Crippen LogP contribution in [0, 0.1) is 0 Å². The van der Waals surface area contributed by atoms with Gasteiger partial charge in [-0.05, 0) is 42.5 Å². The molecule has 116 valence electrons. The Morgan fingerprint density at radius 1 is 0.750 bits per heavy atom. The maximum atomic E-state index is 4.57. The highest BCUT2D eigenvalue weighted by atomic mass is 14.9. The van der Waals surface area contributed by atoms with Gasteiger partial charge in [0.05, 0.1) is 5.69 Å². The minimum atomic E-state index is 0.930. The summed E-state index contributed by atoms with van der Waals surface area (Å²) in [5.74, 6) is 0. The van der Waals surface area contributed by atoms with Crippen molar-refractivity contribution in [2.45, 2.75) is 0 Å². The standard InChI is InChI=1S/C21H17N3/c1-2-6-18(7-3-1)24-19-12-10-17(11-13-19)22-14-16-15-23-21-9-5-4-8-20(16)21/h1-15,23-24H. The van der Waals surface area contributed by atoms with Crippen LogP contribution in [0.5, 0.6) is 0 Å². The third kappa shape index (κ3) is 3.06. The number of nitrogens with one attached hydrogen (secondary N) is 2. The summed E-state index contributed by atoms with van der Waals surface area (Å²) in [6, 6.07) is 26.5. The largest absolute Gasteiger partial charge is 0.361 e. The molecule has 0 radical (unpaired) electrons. The summed E-state index contributed by atoms with van der Waals surface area (Å²) < 4.78 is 0. The van der Waals surface area contributed by atoms with E-state index in [-0.39, 0.29) is 0 Å². The van der Waals surface area contributed by atoms with Gasteiger partial charge in [-0.1, -0.05) is 36.4 Å². The van der Waals surface area contributed by atoms with E-state index in [9.17, 15) is 0 Å². The van der Waals surface area contributed by atoms with Crippen LogP contribution < -0.4 is 5.32 Å². The van der Waals surface area contributed by atoms with Crippen molar-refractivity contribution in [2.24, 2.45) is 4.99 Å². The lowest BCUT2D eigenvalue weighted by atomic mass is 10.2. The van der Waals surface area contributed by atoms with Crippen LogP contribution in [0.25, 0.3) is 10.9 Å². The van der Waals surface area contributed by atoms with Crippen LogP contribution in [0.2, 0.25) is 0 Å². The number of aliphatic imine (C=N–C) groups is 1. The molecule has 1 aromatic heterocycles. The maximum Gasteiger partial charge on any atom is 0.0631 e. The van der Waals surface area contributed by atoms with Crippen LogP contribution in [0.15, 0.2) is 90.1 Å². The molecule has 0 unspecified atom stereocenters. The summed E-state index contributed by atoms with van der Waals surface area (Å²) in [6.07, 6.45) is 3.89. The van der Waals surface area contributed by atoms with Gasteiger partial charge in [0.2, 0.25) is 0 Å². The van der Waals surface area contributed by atoms with E-state index in [1.807, 2.05) is 79.1 Å². The molecule has 4 aromatic rings. The van der Waals surface area contributed by atoms with Gasteiger partial charge in [-0.25, -0.2) is 0 Å². The lowest BCUT2D eigenvalue weighted by Gasteiger charge is -2.05. The SMILES string of the molecule is C(=Nc1ccc(Nc2ccccc2)cc1)c1c[nH]c2ccccc12. The summed E-state index contributed by atoms with van der Waals surface area (Å²) in [5, 5.41) is 4.55. The van der Waals surface area contributed by atoms with E-state index in [1.54, 1.807) is 0 Å². The normalized spacial score (nSPS) is 11.2. The van der Waals surface area contributed by atoms with Gasteiger partial charge < -0.3 is 10.3 Å². The molecule has 0 spiro atoms. The van der Waals surface area contributed by atoms with Gasteiger partial charge in [0.1, 0.15) is 0 Å². The number of aromatic nitrogens is 1. The minimum absolute atomic E-state index is 0.930. The summed E-state index contributed by atoms with van der Waals surface area (Å²) in [4.78, 5) is 7.83. The van der Waals surface area contributed by atoms with E-state index in [1.165, 1.54) is 5.39 Å². The van der Waals surface area contributed by atoms with Crippen molar-refractivity contribution in [1.82, 2.24) is 4.98 Å². The zero-order chi connectivity index (χ0) is 16.2. The molecular weight excluding hydrogens is 294 g/mol. The molecule has 24 heavy (non-hydrogen) atoms. The number of aromatic amines is 1. The molecule has 1 heterocycles. The van der Waals surface area contributed by atoms with Crippen molar-refractivity contribution in [3.05, 3.63) is 90.6 Å². The second-order valence-corrected chi connectivity index (χ2v) is 5.59. The molecule has 0 fully saturated rings. The van der Waals surface area contributed by atoms with E-state index in [2.05, 4.69) is 27.4 Å². The summed E-state index contributed by atoms with van der Waals surface area (Å²) >= 11 is 0. The number of nitrogens with zero attached hydrogens (tertiary/aromatic N) is 1. The van der Waals surface area contributed by atoms with Crippen molar-refractivity contribution in [3.63, 3.8) is 0 Å². The predicted octanol–water partition coefficient (Wildman–Crippen LogP) is 5.66. The van der Waals surface area contributed by atoms with Gasteiger partial charge in [0.15, 0.2) is 0 Å². The fourth-order valence-corrected chi connectivity index (χ4v) is 2.66. The molecule has 0 atom stereocenters. The second kappa shape index (κ2) is 6.42. The van der Waals surface area contributed by atoms with Crippen LogP contribution >= 0.6 is 0 Å². The van der Waals surface area contributed by atoms with Crippen LogP contribution in [0.1, 0.15) is 5.56 Å². The number of fused-ring (bicyclic) bond motifs is 1. The number of benzene rings is 3. The topological polar surface area (TPSA) is 40.2 Å². The maximum absolute atomic E-state index is 4.57. The summed E-state index contributed by atoms with van der Waals surface area (Å²) in [6.45, 7) is 0. The Bertz CT molecular complexity index is 967. The Balaban J connectivity index is 1.51. The highest BCUT2D eigenvalue weighted by Crippen LogP contribution is 2.21.